The molecule has 0 aliphatic heterocycles. The maximum Gasteiger partial charge on any atom is 0.0931 e. The van der Waals surface area contributed by atoms with Crippen LogP contribution >= 0.6 is 22.9 Å². The van der Waals surface area contributed by atoms with Gasteiger partial charge >= 0.3 is 0 Å². The van der Waals surface area contributed by atoms with E-state index in [9.17, 15) is 0 Å². The van der Waals surface area contributed by atoms with E-state index in [0.717, 1.165) is 17.4 Å². The van der Waals surface area contributed by atoms with Gasteiger partial charge in [0.2, 0.25) is 0 Å². The Morgan fingerprint density at radius 2 is 2.12 bits per heavy atom. The molecule has 0 aromatic carbocycles. The molecule has 0 bridgehead atoms. The van der Waals surface area contributed by atoms with Crippen LogP contribution in [-0.4, -0.2) is 25.3 Å². The highest BCUT2D eigenvalue weighted by Crippen LogP contribution is 2.22. The Bertz CT molecular complexity index is 319. The number of nitrogens with one attached hydrogen (secondary N) is 1. The summed E-state index contributed by atoms with van der Waals surface area (Å²) in [5.74, 6) is 0. The molecule has 16 heavy (non-hydrogen) atoms. The lowest BCUT2D eigenvalue weighted by Gasteiger charge is -2.24. The number of thiophene rings is 1. The molecular weight excluding hydrogens is 242 g/mol. The van der Waals surface area contributed by atoms with Gasteiger partial charge in [-0.25, -0.2) is 0 Å². The standard InChI is InChI=1S/C12H20ClNOS/c1-12(2,3)15-8-9(14-4)7-10-5-6-11(13)16-10/h5-6,9,14H,7-8H2,1-4H3. The summed E-state index contributed by atoms with van der Waals surface area (Å²) in [4.78, 5) is 1.29. The molecule has 0 saturated heterocycles. The number of likely N-dealkylation sites (N-methyl/N-ethyl adjacent to an activating group) is 1. The highest BCUT2D eigenvalue weighted by atomic mass is 35.5. The fourth-order valence-corrected chi connectivity index (χ4v) is 2.47. The molecule has 0 amide bonds. The van der Waals surface area contributed by atoms with Crippen molar-refractivity contribution in [2.24, 2.45) is 0 Å². The minimum Gasteiger partial charge on any atom is -0.374 e. The Morgan fingerprint density at radius 1 is 1.44 bits per heavy atom. The van der Waals surface area contributed by atoms with Gasteiger partial charge < -0.3 is 10.1 Å². The van der Waals surface area contributed by atoms with Crippen molar-refractivity contribution in [2.45, 2.75) is 38.8 Å². The maximum absolute atomic E-state index is 5.90. The van der Waals surface area contributed by atoms with E-state index < -0.39 is 0 Å². The normalized spacial score (nSPS) is 14.1. The second-order valence-electron chi connectivity index (χ2n) is 4.82. The maximum atomic E-state index is 5.90. The molecule has 1 unspecified atom stereocenters. The highest BCUT2D eigenvalue weighted by molar-refractivity contribution is 7.16. The van der Waals surface area contributed by atoms with Crippen LogP contribution in [0, 0.1) is 0 Å². The predicted molar refractivity (Wildman–Crippen MR) is 71.6 cm³/mol. The van der Waals surface area contributed by atoms with Gasteiger partial charge in [0.1, 0.15) is 0 Å². The smallest absolute Gasteiger partial charge is 0.0931 e. The van der Waals surface area contributed by atoms with Crippen molar-refractivity contribution in [3.63, 3.8) is 0 Å². The lowest BCUT2D eigenvalue weighted by atomic mass is 10.1. The number of hydrogen-bond donors (Lipinski definition) is 1. The van der Waals surface area contributed by atoms with Gasteiger partial charge in [-0.15, -0.1) is 11.3 Å². The summed E-state index contributed by atoms with van der Waals surface area (Å²) in [5, 5.41) is 3.27. The molecule has 4 heteroatoms. The summed E-state index contributed by atoms with van der Waals surface area (Å²) in [5.41, 5.74) is -0.0812. The van der Waals surface area contributed by atoms with E-state index in [2.05, 4.69) is 32.2 Å². The molecular formula is C12H20ClNOS. The van der Waals surface area contributed by atoms with Crippen LogP contribution in [0.4, 0.5) is 0 Å². The van der Waals surface area contributed by atoms with Gasteiger partial charge in [-0.1, -0.05) is 11.6 Å². The largest absolute Gasteiger partial charge is 0.374 e. The van der Waals surface area contributed by atoms with Crippen LogP contribution in [0.25, 0.3) is 0 Å². The van der Waals surface area contributed by atoms with Crippen LogP contribution in [0.2, 0.25) is 4.34 Å². The Kier molecular flexibility index (Phi) is 5.25. The van der Waals surface area contributed by atoms with E-state index in [1.165, 1.54) is 4.88 Å². The van der Waals surface area contributed by atoms with Crippen molar-refractivity contribution >= 4 is 22.9 Å². The average Bonchev–Trinajstić information content (AvgIpc) is 2.57. The van der Waals surface area contributed by atoms with Gasteiger partial charge in [0, 0.05) is 10.9 Å². The van der Waals surface area contributed by atoms with Gasteiger partial charge in [0.15, 0.2) is 0 Å². The number of ether oxygens (including phenoxy) is 1. The molecule has 92 valence electrons. The molecule has 0 spiro atoms. The van der Waals surface area contributed by atoms with Crippen molar-refractivity contribution in [3.8, 4) is 0 Å². The Morgan fingerprint density at radius 3 is 2.56 bits per heavy atom. The second kappa shape index (κ2) is 6.01. The lowest BCUT2D eigenvalue weighted by molar-refractivity contribution is -0.0134. The number of hydrogen-bond acceptors (Lipinski definition) is 3. The zero-order chi connectivity index (χ0) is 12.2. The summed E-state index contributed by atoms with van der Waals surface area (Å²) in [6.45, 7) is 6.93. The number of halogens is 1. The second-order valence-corrected chi connectivity index (χ2v) is 6.62. The summed E-state index contributed by atoms with van der Waals surface area (Å²) in [7, 11) is 1.96. The van der Waals surface area contributed by atoms with Crippen molar-refractivity contribution < 1.29 is 4.74 Å². The van der Waals surface area contributed by atoms with E-state index in [1.54, 1.807) is 11.3 Å². The highest BCUT2D eigenvalue weighted by Gasteiger charge is 2.15. The predicted octanol–water partition coefficient (Wildman–Crippen LogP) is 3.35. The fourth-order valence-electron chi connectivity index (χ4n) is 1.30. The van der Waals surface area contributed by atoms with Crippen molar-refractivity contribution in [1.29, 1.82) is 0 Å². The van der Waals surface area contributed by atoms with E-state index in [4.69, 9.17) is 16.3 Å². The van der Waals surface area contributed by atoms with Crippen molar-refractivity contribution in [2.75, 3.05) is 13.7 Å². The molecule has 2 nitrogen and oxygen atoms in total. The van der Waals surface area contributed by atoms with Crippen LogP contribution < -0.4 is 5.32 Å². The third kappa shape index (κ3) is 5.30. The van der Waals surface area contributed by atoms with Gasteiger partial charge in [0.05, 0.1) is 16.5 Å². The quantitative estimate of drug-likeness (QED) is 0.878. The fraction of sp³-hybridized carbons (Fsp3) is 0.667. The van der Waals surface area contributed by atoms with Crippen LogP contribution in [0.3, 0.4) is 0 Å². The third-order valence-corrected chi connectivity index (χ3v) is 3.46. The molecule has 0 saturated carbocycles. The van der Waals surface area contributed by atoms with E-state index in [1.807, 2.05) is 13.1 Å². The van der Waals surface area contributed by atoms with Crippen molar-refractivity contribution in [3.05, 3.63) is 21.3 Å². The number of rotatable bonds is 5. The Hall–Kier alpha value is -0.0900. The van der Waals surface area contributed by atoms with Gasteiger partial charge in [-0.05, 0) is 46.4 Å². The molecule has 1 rings (SSSR count). The van der Waals surface area contributed by atoms with Crippen LogP contribution in [0.5, 0.6) is 0 Å². The molecule has 0 aliphatic carbocycles. The molecule has 1 aromatic heterocycles. The van der Waals surface area contributed by atoms with Gasteiger partial charge in [-0.3, -0.25) is 0 Å². The summed E-state index contributed by atoms with van der Waals surface area (Å²) in [6, 6.07) is 4.36. The van der Waals surface area contributed by atoms with E-state index in [-0.39, 0.29) is 5.60 Å². The van der Waals surface area contributed by atoms with Crippen LogP contribution in [-0.2, 0) is 11.2 Å². The first-order valence-electron chi connectivity index (χ1n) is 5.46. The lowest BCUT2D eigenvalue weighted by Crippen LogP contribution is -2.35. The SMILES string of the molecule is CNC(COC(C)(C)C)Cc1ccc(Cl)s1. The minimum absolute atomic E-state index is 0.0812. The van der Waals surface area contributed by atoms with E-state index >= 15 is 0 Å². The Balaban J connectivity index is 2.43. The topological polar surface area (TPSA) is 21.3 Å². The monoisotopic (exact) mass is 261 g/mol. The molecule has 1 atom stereocenters. The first-order valence-corrected chi connectivity index (χ1v) is 6.65. The Labute approximate surface area is 107 Å². The summed E-state index contributed by atoms with van der Waals surface area (Å²) in [6.07, 6.45) is 0.962. The molecule has 1 aromatic rings. The zero-order valence-electron chi connectivity index (χ0n) is 10.3. The van der Waals surface area contributed by atoms with Crippen LogP contribution in [0.1, 0.15) is 25.6 Å². The van der Waals surface area contributed by atoms with Crippen LogP contribution in [0.15, 0.2) is 12.1 Å². The summed E-state index contributed by atoms with van der Waals surface area (Å²) < 4.78 is 6.62. The minimum atomic E-state index is -0.0812. The molecule has 1 heterocycles. The molecule has 1 N–H and O–H groups in total. The van der Waals surface area contributed by atoms with Crippen molar-refractivity contribution in [1.82, 2.24) is 5.32 Å². The molecule has 0 radical (unpaired) electrons. The third-order valence-electron chi connectivity index (χ3n) is 2.20. The van der Waals surface area contributed by atoms with E-state index in [0.29, 0.717) is 6.04 Å². The molecule has 0 aliphatic rings. The zero-order valence-corrected chi connectivity index (χ0v) is 11.9. The average molecular weight is 262 g/mol. The van der Waals surface area contributed by atoms with Gasteiger partial charge in [0.25, 0.3) is 0 Å². The first kappa shape index (κ1) is 14.0. The molecule has 0 fully saturated rings. The first-order chi connectivity index (χ1) is 7.40. The summed E-state index contributed by atoms with van der Waals surface area (Å²) >= 11 is 7.54. The van der Waals surface area contributed by atoms with Gasteiger partial charge in [-0.2, -0.15) is 0 Å².